The second-order valence-electron chi connectivity index (χ2n) is 6.48. The number of hydrogen-bond donors (Lipinski definition) is 1. The minimum absolute atomic E-state index is 0.00872. The second-order valence-corrected chi connectivity index (χ2v) is 8.49. The number of ether oxygens (including phenoxy) is 1. The first kappa shape index (κ1) is 19.9. The van der Waals surface area contributed by atoms with Crippen LogP contribution in [-0.2, 0) is 23.0 Å². The Labute approximate surface area is 162 Å². The number of anilines is 1. The van der Waals surface area contributed by atoms with Crippen LogP contribution in [0.15, 0.2) is 24.3 Å². The van der Waals surface area contributed by atoms with Gasteiger partial charge in [-0.25, -0.2) is 12.8 Å². The summed E-state index contributed by atoms with van der Waals surface area (Å²) in [5.41, 5.74) is 1.21. The van der Waals surface area contributed by atoms with Gasteiger partial charge in [-0.15, -0.1) is 0 Å². The first-order chi connectivity index (χ1) is 13.1. The van der Waals surface area contributed by atoms with Gasteiger partial charge in [0.1, 0.15) is 11.6 Å². The highest BCUT2D eigenvalue weighted by Gasteiger charge is 2.35. The second kappa shape index (κ2) is 7.27. The molecule has 0 unspecified atom stereocenters. The SMILES string of the molecule is COc1c(O)nc(N(C)S(C)(=O)=O)c2c1C(=O)N(Cc1ccc(F)cc1)CC2. The number of fused-ring (bicyclic) bond motifs is 1. The largest absolute Gasteiger partial charge is 0.491 e. The lowest BCUT2D eigenvalue weighted by Crippen LogP contribution is -2.39. The van der Waals surface area contributed by atoms with E-state index < -0.39 is 21.8 Å². The maximum Gasteiger partial charge on any atom is 0.258 e. The summed E-state index contributed by atoms with van der Waals surface area (Å²) < 4.78 is 43.1. The van der Waals surface area contributed by atoms with Gasteiger partial charge in [0.25, 0.3) is 11.8 Å². The van der Waals surface area contributed by atoms with E-state index in [0.717, 1.165) is 16.1 Å². The number of halogens is 1. The van der Waals surface area contributed by atoms with Crippen molar-refractivity contribution in [3.63, 3.8) is 0 Å². The molecule has 1 N–H and O–H groups in total. The van der Waals surface area contributed by atoms with Crippen LogP contribution in [-0.4, -0.2) is 56.3 Å². The average molecular weight is 409 g/mol. The topological polar surface area (TPSA) is 100 Å². The van der Waals surface area contributed by atoms with Crippen LogP contribution in [0.3, 0.4) is 0 Å². The maximum atomic E-state index is 13.1. The third-order valence-electron chi connectivity index (χ3n) is 4.63. The number of pyridine rings is 1. The fourth-order valence-electron chi connectivity index (χ4n) is 3.12. The first-order valence-corrected chi connectivity index (χ1v) is 10.3. The lowest BCUT2D eigenvalue weighted by atomic mass is 9.98. The van der Waals surface area contributed by atoms with Crippen LogP contribution in [0.1, 0.15) is 21.5 Å². The molecule has 0 bridgehead atoms. The molecule has 2 heterocycles. The normalized spacial score (nSPS) is 14.0. The number of carbonyl (C=O) groups is 1. The van der Waals surface area contributed by atoms with Crippen LogP contribution in [0.25, 0.3) is 0 Å². The van der Waals surface area contributed by atoms with Crippen molar-refractivity contribution in [1.29, 1.82) is 0 Å². The van der Waals surface area contributed by atoms with Crippen LogP contribution >= 0.6 is 0 Å². The number of sulfonamides is 1. The van der Waals surface area contributed by atoms with Crippen molar-refractivity contribution in [2.75, 3.05) is 31.3 Å². The maximum absolute atomic E-state index is 13.1. The van der Waals surface area contributed by atoms with Crippen LogP contribution in [0.5, 0.6) is 11.6 Å². The van der Waals surface area contributed by atoms with Gasteiger partial charge in [0.2, 0.25) is 10.0 Å². The molecule has 28 heavy (non-hydrogen) atoms. The van der Waals surface area contributed by atoms with Gasteiger partial charge in [-0.2, -0.15) is 4.98 Å². The summed E-state index contributed by atoms with van der Waals surface area (Å²) >= 11 is 0. The Morgan fingerprint density at radius 3 is 2.54 bits per heavy atom. The van der Waals surface area contributed by atoms with E-state index in [-0.39, 0.29) is 29.5 Å². The van der Waals surface area contributed by atoms with Crippen molar-refractivity contribution in [1.82, 2.24) is 9.88 Å². The van der Waals surface area contributed by atoms with Crippen LogP contribution in [0.4, 0.5) is 10.2 Å². The quantitative estimate of drug-likeness (QED) is 0.804. The molecule has 1 amide bonds. The Bertz CT molecular complexity index is 1020. The molecular formula is C18H20FN3O5S. The van der Waals surface area contributed by atoms with E-state index in [1.54, 1.807) is 12.1 Å². The Morgan fingerprint density at radius 1 is 1.32 bits per heavy atom. The van der Waals surface area contributed by atoms with Gasteiger partial charge in [0.15, 0.2) is 5.75 Å². The number of rotatable bonds is 5. The molecule has 2 aromatic rings. The summed E-state index contributed by atoms with van der Waals surface area (Å²) in [6.45, 7) is 0.547. The molecule has 0 fully saturated rings. The lowest BCUT2D eigenvalue weighted by Gasteiger charge is -2.32. The van der Waals surface area contributed by atoms with Crippen molar-refractivity contribution in [2.45, 2.75) is 13.0 Å². The number of amides is 1. The predicted octanol–water partition coefficient (Wildman–Crippen LogP) is 1.53. The standard InChI is InChI=1S/C18H20FN3O5S/c1-21(28(3,25)26)16-13-8-9-22(10-11-4-6-12(19)7-5-11)18(24)14(13)15(27-2)17(23)20-16/h4-7H,8-10H2,1-3H3,(H,20,23). The molecule has 0 aliphatic carbocycles. The van der Waals surface area contributed by atoms with Gasteiger partial charge >= 0.3 is 0 Å². The Morgan fingerprint density at radius 2 is 1.96 bits per heavy atom. The summed E-state index contributed by atoms with van der Waals surface area (Å²) in [7, 11) is -1.05. The number of nitrogens with zero attached hydrogens (tertiary/aromatic N) is 3. The molecule has 0 radical (unpaired) electrons. The third-order valence-corrected chi connectivity index (χ3v) is 5.80. The summed E-state index contributed by atoms with van der Waals surface area (Å²) in [5, 5.41) is 10.2. The van der Waals surface area contributed by atoms with E-state index in [4.69, 9.17) is 4.74 Å². The van der Waals surface area contributed by atoms with Crippen molar-refractivity contribution in [3.8, 4) is 11.6 Å². The lowest BCUT2D eigenvalue weighted by molar-refractivity contribution is 0.0721. The van der Waals surface area contributed by atoms with Crippen LogP contribution in [0, 0.1) is 5.82 Å². The van der Waals surface area contributed by atoms with E-state index in [9.17, 15) is 22.7 Å². The van der Waals surface area contributed by atoms with Gasteiger partial charge in [-0.1, -0.05) is 12.1 Å². The Kier molecular flexibility index (Phi) is 5.16. The van der Waals surface area contributed by atoms with Crippen molar-refractivity contribution in [2.24, 2.45) is 0 Å². The Hall–Kier alpha value is -2.88. The van der Waals surface area contributed by atoms with E-state index in [0.29, 0.717) is 18.5 Å². The smallest absolute Gasteiger partial charge is 0.258 e. The molecule has 0 spiro atoms. The van der Waals surface area contributed by atoms with E-state index >= 15 is 0 Å². The van der Waals surface area contributed by atoms with Gasteiger partial charge in [-0.3, -0.25) is 9.10 Å². The number of aromatic hydroxyl groups is 1. The molecule has 150 valence electrons. The molecular weight excluding hydrogens is 389 g/mol. The molecule has 1 aromatic heterocycles. The Balaban J connectivity index is 2.05. The van der Waals surface area contributed by atoms with Crippen molar-refractivity contribution in [3.05, 3.63) is 46.8 Å². The van der Waals surface area contributed by atoms with Crippen LogP contribution in [0.2, 0.25) is 0 Å². The zero-order valence-corrected chi connectivity index (χ0v) is 16.5. The molecule has 1 aromatic carbocycles. The molecule has 0 saturated heterocycles. The summed E-state index contributed by atoms with van der Waals surface area (Å²) in [6.07, 6.45) is 1.33. The van der Waals surface area contributed by atoms with E-state index in [1.807, 2.05) is 0 Å². The fourth-order valence-corrected chi connectivity index (χ4v) is 3.59. The number of aromatic nitrogens is 1. The van der Waals surface area contributed by atoms with Gasteiger partial charge in [-0.05, 0) is 24.1 Å². The third kappa shape index (κ3) is 3.59. The predicted molar refractivity (Wildman–Crippen MR) is 101 cm³/mol. The number of methoxy groups -OCH3 is 1. The number of hydrogen-bond acceptors (Lipinski definition) is 6. The summed E-state index contributed by atoms with van der Waals surface area (Å²) in [4.78, 5) is 18.6. The van der Waals surface area contributed by atoms with E-state index in [2.05, 4.69) is 4.98 Å². The highest BCUT2D eigenvalue weighted by Crippen LogP contribution is 2.39. The summed E-state index contributed by atoms with van der Waals surface area (Å²) in [5.74, 6) is -1.47. The monoisotopic (exact) mass is 409 g/mol. The zero-order chi connectivity index (χ0) is 20.6. The number of benzene rings is 1. The highest BCUT2D eigenvalue weighted by atomic mass is 32.2. The van der Waals surface area contributed by atoms with Gasteiger partial charge in [0.05, 0.1) is 18.9 Å². The first-order valence-electron chi connectivity index (χ1n) is 8.41. The van der Waals surface area contributed by atoms with Crippen LogP contribution < -0.4 is 9.04 Å². The molecule has 1 aliphatic heterocycles. The fraction of sp³-hybridized carbons (Fsp3) is 0.333. The molecule has 3 rings (SSSR count). The minimum atomic E-state index is -3.65. The molecule has 0 saturated carbocycles. The molecule has 10 heteroatoms. The highest BCUT2D eigenvalue weighted by molar-refractivity contribution is 7.92. The summed E-state index contributed by atoms with van der Waals surface area (Å²) in [6, 6.07) is 5.80. The molecule has 1 aliphatic rings. The zero-order valence-electron chi connectivity index (χ0n) is 15.6. The number of carbonyl (C=O) groups excluding carboxylic acids is 1. The van der Waals surface area contributed by atoms with Crippen molar-refractivity contribution < 1.29 is 27.4 Å². The van der Waals surface area contributed by atoms with Gasteiger partial charge < -0.3 is 14.7 Å². The molecule has 0 atom stereocenters. The van der Waals surface area contributed by atoms with Crippen molar-refractivity contribution >= 4 is 21.7 Å². The average Bonchev–Trinajstić information content (AvgIpc) is 2.64. The van der Waals surface area contributed by atoms with E-state index in [1.165, 1.54) is 31.2 Å². The minimum Gasteiger partial charge on any atom is -0.491 e. The van der Waals surface area contributed by atoms with Gasteiger partial charge in [0, 0.05) is 25.7 Å². The molecule has 8 nitrogen and oxygen atoms in total.